The molecule has 0 radical (unpaired) electrons. The number of aromatic nitrogens is 1. The molecule has 2 heteroatoms. The van der Waals surface area contributed by atoms with E-state index in [0.29, 0.717) is 0 Å². The Balaban J connectivity index is 2.59. The summed E-state index contributed by atoms with van der Waals surface area (Å²) in [7, 11) is 0. The fraction of sp³-hybridized carbons (Fsp3) is 0.154. The van der Waals surface area contributed by atoms with Crippen LogP contribution in [0, 0.1) is 13.8 Å². The van der Waals surface area contributed by atoms with Gasteiger partial charge in [0.05, 0.1) is 0 Å². The maximum Gasteiger partial charge on any atom is 0.0349 e. The molecule has 0 saturated heterocycles. The smallest absolute Gasteiger partial charge is 0.0349 e. The molecule has 0 bridgehead atoms. The van der Waals surface area contributed by atoms with Crippen molar-refractivity contribution in [2.45, 2.75) is 13.8 Å². The second-order valence-corrected chi connectivity index (χ2v) is 3.77. The van der Waals surface area contributed by atoms with Crippen molar-refractivity contribution < 1.29 is 0 Å². The number of anilines is 1. The molecule has 2 aromatic rings. The van der Waals surface area contributed by atoms with E-state index in [2.05, 4.69) is 17.1 Å². The van der Waals surface area contributed by atoms with Crippen LogP contribution in [0.4, 0.5) is 5.69 Å². The molecule has 1 aromatic heterocycles. The van der Waals surface area contributed by atoms with Gasteiger partial charge < -0.3 is 5.73 Å². The molecule has 1 heterocycles. The first kappa shape index (κ1) is 9.71. The van der Waals surface area contributed by atoms with Crippen molar-refractivity contribution in [3.05, 3.63) is 47.8 Å². The van der Waals surface area contributed by atoms with Crippen molar-refractivity contribution in [2.24, 2.45) is 0 Å². The Labute approximate surface area is 89.8 Å². The molecule has 2 N–H and O–H groups in total. The van der Waals surface area contributed by atoms with Crippen molar-refractivity contribution >= 4 is 5.69 Å². The van der Waals surface area contributed by atoms with Crippen LogP contribution in [0.15, 0.2) is 36.7 Å². The predicted octanol–water partition coefficient (Wildman–Crippen LogP) is 2.95. The summed E-state index contributed by atoms with van der Waals surface area (Å²) < 4.78 is 0. The van der Waals surface area contributed by atoms with Crippen molar-refractivity contribution in [2.75, 3.05) is 5.73 Å². The molecule has 0 amide bonds. The van der Waals surface area contributed by atoms with Gasteiger partial charge in [-0.3, -0.25) is 4.98 Å². The van der Waals surface area contributed by atoms with Crippen molar-refractivity contribution in [3.8, 4) is 11.1 Å². The summed E-state index contributed by atoms with van der Waals surface area (Å²) >= 11 is 0. The van der Waals surface area contributed by atoms with Crippen molar-refractivity contribution in [1.29, 1.82) is 0 Å². The van der Waals surface area contributed by atoms with Crippen LogP contribution in [0.2, 0.25) is 0 Å². The van der Waals surface area contributed by atoms with Gasteiger partial charge in [0.25, 0.3) is 0 Å². The second kappa shape index (κ2) is 3.73. The molecule has 2 rings (SSSR count). The minimum absolute atomic E-state index is 0.828. The van der Waals surface area contributed by atoms with Crippen LogP contribution in [0.25, 0.3) is 11.1 Å². The van der Waals surface area contributed by atoms with E-state index in [4.69, 9.17) is 5.73 Å². The van der Waals surface area contributed by atoms with Gasteiger partial charge in [-0.25, -0.2) is 0 Å². The molecule has 1 aromatic carbocycles. The molecule has 0 atom stereocenters. The molecule has 0 aliphatic heterocycles. The Kier molecular flexibility index (Phi) is 2.42. The van der Waals surface area contributed by atoms with Crippen LogP contribution in [0.5, 0.6) is 0 Å². The Hall–Kier alpha value is -1.83. The first-order valence-electron chi connectivity index (χ1n) is 4.95. The van der Waals surface area contributed by atoms with Gasteiger partial charge in [0.1, 0.15) is 0 Å². The topological polar surface area (TPSA) is 38.9 Å². The summed E-state index contributed by atoms with van der Waals surface area (Å²) in [5.41, 5.74) is 11.3. The fourth-order valence-electron chi connectivity index (χ4n) is 1.67. The van der Waals surface area contributed by atoms with Crippen LogP contribution in [0.3, 0.4) is 0 Å². The lowest BCUT2D eigenvalue weighted by Gasteiger charge is -2.08. The molecule has 76 valence electrons. The third-order valence-electron chi connectivity index (χ3n) is 2.56. The Morgan fingerprint density at radius 1 is 1.13 bits per heavy atom. The molecule has 0 aliphatic carbocycles. The van der Waals surface area contributed by atoms with E-state index >= 15 is 0 Å². The first-order valence-corrected chi connectivity index (χ1v) is 4.95. The lowest BCUT2D eigenvalue weighted by atomic mass is 10.00. The van der Waals surface area contributed by atoms with E-state index in [-0.39, 0.29) is 0 Å². The van der Waals surface area contributed by atoms with Gasteiger partial charge in [-0.1, -0.05) is 12.1 Å². The summed E-state index contributed by atoms with van der Waals surface area (Å²) in [6.07, 6.45) is 3.72. The third-order valence-corrected chi connectivity index (χ3v) is 2.56. The predicted molar refractivity (Wildman–Crippen MR) is 63.6 cm³/mol. The summed E-state index contributed by atoms with van der Waals surface area (Å²) in [6.45, 7) is 4.07. The number of nitrogen functional groups attached to an aromatic ring is 1. The first-order chi connectivity index (χ1) is 7.18. The van der Waals surface area contributed by atoms with Gasteiger partial charge in [0, 0.05) is 23.6 Å². The molecule has 0 unspecified atom stereocenters. The van der Waals surface area contributed by atoms with E-state index in [1.807, 2.05) is 38.4 Å². The number of rotatable bonds is 1. The Morgan fingerprint density at radius 2 is 1.93 bits per heavy atom. The van der Waals surface area contributed by atoms with Crippen LogP contribution in [-0.4, -0.2) is 4.98 Å². The molecule has 0 fully saturated rings. The highest BCUT2D eigenvalue weighted by Gasteiger charge is 2.04. The number of nitrogens with two attached hydrogens (primary N) is 1. The van der Waals surface area contributed by atoms with Crippen molar-refractivity contribution in [3.63, 3.8) is 0 Å². The van der Waals surface area contributed by atoms with E-state index in [1.54, 1.807) is 0 Å². The van der Waals surface area contributed by atoms with Crippen LogP contribution >= 0.6 is 0 Å². The van der Waals surface area contributed by atoms with Gasteiger partial charge in [-0.2, -0.15) is 0 Å². The van der Waals surface area contributed by atoms with E-state index in [0.717, 1.165) is 27.9 Å². The highest BCUT2D eigenvalue weighted by molar-refractivity contribution is 5.72. The molecule has 2 nitrogen and oxygen atoms in total. The Bertz CT molecular complexity index is 490. The maximum absolute atomic E-state index is 5.88. The third kappa shape index (κ3) is 1.84. The number of pyridine rings is 1. The monoisotopic (exact) mass is 198 g/mol. The van der Waals surface area contributed by atoms with E-state index in [9.17, 15) is 0 Å². The zero-order valence-corrected chi connectivity index (χ0v) is 8.99. The van der Waals surface area contributed by atoms with E-state index in [1.165, 1.54) is 0 Å². The Morgan fingerprint density at radius 3 is 2.67 bits per heavy atom. The minimum Gasteiger partial charge on any atom is -0.398 e. The number of benzene rings is 1. The van der Waals surface area contributed by atoms with Gasteiger partial charge in [0.2, 0.25) is 0 Å². The molecule has 15 heavy (non-hydrogen) atoms. The minimum atomic E-state index is 0.828. The lowest BCUT2D eigenvalue weighted by Crippen LogP contribution is -1.92. The normalized spacial score (nSPS) is 10.3. The molecule has 0 saturated carbocycles. The van der Waals surface area contributed by atoms with Gasteiger partial charge in [-0.05, 0) is 42.7 Å². The molecular formula is C13H14N2. The number of aryl methyl sites for hydroxylation is 1. The standard InChI is InChI=1S/C13H14N2/c1-9-6-11(8-15-7-9)12-4-3-5-13(14)10(12)2/h3-8H,14H2,1-2H3. The van der Waals surface area contributed by atoms with E-state index < -0.39 is 0 Å². The summed E-state index contributed by atoms with van der Waals surface area (Å²) in [4.78, 5) is 4.19. The van der Waals surface area contributed by atoms with Gasteiger partial charge >= 0.3 is 0 Å². The lowest BCUT2D eigenvalue weighted by molar-refractivity contribution is 1.26. The summed E-state index contributed by atoms with van der Waals surface area (Å²) in [5, 5.41) is 0. The van der Waals surface area contributed by atoms with Gasteiger partial charge in [-0.15, -0.1) is 0 Å². The SMILES string of the molecule is Cc1cncc(-c2cccc(N)c2C)c1. The largest absolute Gasteiger partial charge is 0.398 e. The quantitative estimate of drug-likeness (QED) is 0.715. The van der Waals surface area contributed by atoms with Crippen LogP contribution in [0.1, 0.15) is 11.1 Å². The van der Waals surface area contributed by atoms with Crippen molar-refractivity contribution in [1.82, 2.24) is 4.98 Å². The molecular weight excluding hydrogens is 184 g/mol. The number of hydrogen-bond donors (Lipinski definition) is 1. The average Bonchev–Trinajstić information content (AvgIpc) is 2.22. The number of nitrogens with zero attached hydrogens (tertiary/aromatic N) is 1. The highest BCUT2D eigenvalue weighted by Crippen LogP contribution is 2.26. The average molecular weight is 198 g/mol. The second-order valence-electron chi connectivity index (χ2n) is 3.77. The summed E-state index contributed by atoms with van der Waals surface area (Å²) in [5.74, 6) is 0. The zero-order chi connectivity index (χ0) is 10.8. The zero-order valence-electron chi connectivity index (χ0n) is 8.99. The van der Waals surface area contributed by atoms with Crippen LogP contribution in [-0.2, 0) is 0 Å². The molecule has 0 aliphatic rings. The van der Waals surface area contributed by atoms with Gasteiger partial charge in [0.15, 0.2) is 0 Å². The highest BCUT2D eigenvalue weighted by atomic mass is 14.6. The number of hydrogen-bond acceptors (Lipinski definition) is 2. The molecule has 0 spiro atoms. The van der Waals surface area contributed by atoms with Crippen LogP contribution < -0.4 is 5.73 Å². The maximum atomic E-state index is 5.88. The fourth-order valence-corrected chi connectivity index (χ4v) is 1.67. The summed E-state index contributed by atoms with van der Waals surface area (Å²) in [6, 6.07) is 8.08.